The maximum Gasteiger partial charge on any atom is 0.161 e. The minimum absolute atomic E-state index is 0.122. The highest BCUT2D eigenvalue weighted by Gasteiger charge is 2.10. The van der Waals surface area contributed by atoms with E-state index in [1.54, 1.807) is 24.3 Å². The van der Waals surface area contributed by atoms with Gasteiger partial charge in [0.05, 0.1) is 0 Å². The Labute approximate surface area is 98.0 Å². The predicted molar refractivity (Wildman–Crippen MR) is 62.3 cm³/mol. The molecular formula is C13H12O4. The lowest BCUT2D eigenvalue weighted by Gasteiger charge is -2.08. The first-order chi connectivity index (χ1) is 8.08. The van der Waals surface area contributed by atoms with Crippen molar-refractivity contribution in [3.05, 3.63) is 47.5 Å². The van der Waals surface area contributed by atoms with Crippen LogP contribution in [0.25, 0.3) is 0 Å². The second-order valence-electron chi connectivity index (χ2n) is 3.78. The van der Waals surface area contributed by atoms with Gasteiger partial charge in [-0.2, -0.15) is 0 Å². The quantitative estimate of drug-likeness (QED) is 0.472. The van der Waals surface area contributed by atoms with Crippen LogP contribution < -0.4 is 0 Å². The van der Waals surface area contributed by atoms with Crippen LogP contribution in [0, 0.1) is 0 Å². The van der Waals surface area contributed by atoms with Gasteiger partial charge in [-0.25, -0.2) is 0 Å². The van der Waals surface area contributed by atoms with Crippen LogP contribution >= 0.6 is 0 Å². The molecule has 0 saturated carbocycles. The molecule has 0 amide bonds. The average molecular weight is 232 g/mol. The third-order valence-corrected chi connectivity index (χ3v) is 2.55. The first-order valence-electron chi connectivity index (χ1n) is 5.08. The van der Waals surface area contributed by atoms with E-state index in [-0.39, 0.29) is 29.4 Å². The van der Waals surface area contributed by atoms with Gasteiger partial charge in [0.25, 0.3) is 0 Å². The van der Waals surface area contributed by atoms with Gasteiger partial charge in [-0.1, -0.05) is 18.2 Å². The maximum absolute atomic E-state index is 9.62. The molecule has 4 N–H and O–H groups in total. The Morgan fingerprint density at radius 3 is 2.00 bits per heavy atom. The molecule has 4 heteroatoms. The van der Waals surface area contributed by atoms with E-state index in [2.05, 4.69) is 0 Å². The summed E-state index contributed by atoms with van der Waals surface area (Å²) in [6, 6.07) is 9.09. The Morgan fingerprint density at radius 2 is 1.29 bits per heavy atom. The van der Waals surface area contributed by atoms with Crippen LogP contribution in [0.4, 0.5) is 0 Å². The molecule has 0 atom stereocenters. The molecule has 0 aliphatic carbocycles. The average Bonchev–Trinajstić information content (AvgIpc) is 2.29. The fourth-order valence-corrected chi connectivity index (χ4v) is 1.62. The molecule has 88 valence electrons. The van der Waals surface area contributed by atoms with E-state index >= 15 is 0 Å². The zero-order chi connectivity index (χ0) is 12.4. The van der Waals surface area contributed by atoms with Crippen molar-refractivity contribution in [1.82, 2.24) is 0 Å². The van der Waals surface area contributed by atoms with E-state index in [4.69, 9.17) is 0 Å². The van der Waals surface area contributed by atoms with Gasteiger partial charge >= 0.3 is 0 Å². The molecule has 0 fully saturated rings. The molecule has 0 bridgehead atoms. The minimum Gasteiger partial charge on any atom is -0.508 e. The number of phenolic OH excluding ortho intramolecular Hbond substituents is 4. The molecule has 0 saturated heterocycles. The molecule has 0 radical (unpaired) electrons. The molecule has 0 aliphatic rings. The number of phenols is 4. The van der Waals surface area contributed by atoms with Crippen molar-refractivity contribution in [2.24, 2.45) is 0 Å². The summed E-state index contributed by atoms with van der Waals surface area (Å²) in [6.07, 6.45) is 0.270. The number of para-hydroxylation sites is 1. The molecule has 0 aromatic heterocycles. The van der Waals surface area contributed by atoms with Gasteiger partial charge in [-0.15, -0.1) is 0 Å². The highest BCUT2D eigenvalue weighted by Crippen LogP contribution is 2.34. The molecule has 17 heavy (non-hydrogen) atoms. The van der Waals surface area contributed by atoms with E-state index in [0.29, 0.717) is 11.1 Å². The summed E-state index contributed by atoms with van der Waals surface area (Å²) in [5.74, 6) is -0.667. The third kappa shape index (κ3) is 2.25. The Hall–Kier alpha value is -2.36. The third-order valence-electron chi connectivity index (χ3n) is 2.55. The summed E-state index contributed by atoms with van der Waals surface area (Å²) in [4.78, 5) is 0. The molecule has 2 rings (SSSR count). The molecular weight excluding hydrogens is 220 g/mol. The molecule has 0 unspecified atom stereocenters. The summed E-state index contributed by atoms with van der Waals surface area (Å²) < 4.78 is 0. The summed E-state index contributed by atoms with van der Waals surface area (Å²) in [7, 11) is 0. The Balaban J connectivity index is 2.37. The van der Waals surface area contributed by atoms with E-state index < -0.39 is 0 Å². The van der Waals surface area contributed by atoms with Gasteiger partial charge in [0, 0.05) is 18.1 Å². The smallest absolute Gasteiger partial charge is 0.161 e. The topological polar surface area (TPSA) is 80.9 Å². The lowest BCUT2D eigenvalue weighted by molar-refractivity contribution is 0.394. The summed E-state index contributed by atoms with van der Waals surface area (Å²) in [5.41, 5.74) is 1.06. The molecule has 2 aromatic carbocycles. The highest BCUT2D eigenvalue weighted by atomic mass is 16.3. The molecule has 0 heterocycles. The van der Waals surface area contributed by atoms with Crippen molar-refractivity contribution in [3.63, 3.8) is 0 Å². The van der Waals surface area contributed by atoms with Crippen LogP contribution in [0.1, 0.15) is 11.1 Å². The molecule has 2 aromatic rings. The molecule has 4 nitrogen and oxygen atoms in total. The summed E-state index contributed by atoms with van der Waals surface area (Å²) >= 11 is 0. The van der Waals surface area contributed by atoms with Crippen LogP contribution in [0.5, 0.6) is 23.0 Å². The SMILES string of the molecule is Oc1cc(O)c(Cc2ccccc2O)cc1O. The second-order valence-corrected chi connectivity index (χ2v) is 3.78. The number of rotatable bonds is 2. The largest absolute Gasteiger partial charge is 0.508 e. The normalized spacial score (nSPS) is 10.4. The van der Waals surface area contributed by atoms with Gasteiger partial charge in [0.2, 0.25) is 0 Å². The minimum atomic E-state index is -0.372. The van der Waals surface area contributed by atoms with Gasteiger partial charge in [-0.05, 0) is 17.7 Å². The van der Waals surface area contributed by atoms with E-state index in [9.17, 15) is 20.4 Å². The fourth-order valence-electron chi connectivity index (χ4n) is 1.62. The van der Waals surface area contributed by atoms with Gasteiger partial charge in [0.15, 0.2) is 11.5 Å². The van der Waals surface area contributed by atoms with E-state index in [0.717, 1.165) is 6.07 Å². The fraction of sp³-hybridized carbons (Fsp3) is 0.0769. The zero-order valence-corrected chi connectivity index (χ0v) is 8.96. The van der Waals surface area contributed by atoms with E-state index in [1.165, 1.54) is 6.07 Å². The van der Waals surface area contributed by atoms with Crippen LogP contribution in [0.2, 0.25) is 0 Å². The Bertz CT molecular complexity index is 549. The summed E-state index contributed by atoms with van der Waals surface area (Å²) in [5, 5.41) is 37.7. The predicted octanol–water partition coefficient (Wildman–Crippen LogP) is 2.10. The van der Waals surface area contributed by atoms with E-state index in [1.807, 2.05) is 0 Å². The Kier molecular flexibility index (Phi) is 2.78. The van der Waals surface area contributed by atoms with Crippen molar-refractivity contribution in [2.45, 2.75) is 6.42 Å². The molecule has 0 spiro atoms. The van der Waals surface area contributed by atoms with Crippen LogP contribution in [-0.4, -0.2) is 20.4 Å². The van der Waals surface area contributed by atoms with Crippen molar-refractivity contribution in [2.75, 3.05) is 0 Å². The number of benzene rings is 2. The van der Waals surface area contributed by atoms with Crippen molar-refractivity contribution in [1.29, 1.82) is 0 Å². The van der Waals surface area contributed by atoms with Crippen LogP contribution in [-0.2, 0) is 6.42 Å². The lowest BCUT2D eigenvalue weighted by Crippen LogP contribution is -1.89. The monoisotopic (exact) mass is 232 g/mol. The second kappa shape index (κ2) is 4.25. The standard InChI is InChI=1S/C13H12O4/c14-10-4-2-1-3-8(10)5-9-6-12(16)13(17)7-11(9)15/h1-4,6-7,14-17H,5H2. The summed E-state index contributed by atoms with van der Waals surface area (Å²) in [6.45, 7) is 0. The van der Waals surface area contributed by atoms with Gasteiger partial charge in [-0.3, -0.25) is 0 Å². The lowest BCUT2D eigenvalue weighted by atomic mass is 10.0. The van der Waals surface area contributed by atoms with Crippen LogP contribution in [0.15, 0.2) is 36.4 Å². The number of hydrogen-bond acceptors (Lipinski definition) is 4. The van der Waals surface area contributed by atoms with Crippen molar-refractivity contribution >= 4 is 0 Å². The molecule has 0 aliphatic heterocycles. The highest BCUT2D eigenvalue weighted by molar-refractivity contribution is 5.50. The first kappa shape index (κ1) is 11.1. The van der Waals surface area contributed by atoms with Crippen molar-refractivity contribution in [3.8, 4) is 23.0 Å². The van der Waals surface area contributed by atoms with Crippen molar-refractivity contribution < 1.29 is 20.4 Å². The first-order valence-corrected chi connectivity index (χ1v) is 5.08. The van der Waals surface area contributed by atoms with Gasteiger partial charge in [0.1, 0.15) is 11.5 Å². The number of hydrogen-bond donors (Lipinski definition) is 4. The van der Waals surface area contributed by atoms with Gasteiger partial charge < -0.3 is 20.4 Å². The van der Waals surface area contributed by atoms with Crippen LogP contribution in [0.3, 0.4) is 0 Å². The zero-order valence-electron chi connectivity index (χ0n) is 8.96. The number of aromatic hydroxyl groups is 4. The maximum atomic E-state index is 9.62. The Morgan fingerprint density at radius 1 is 0.647 bits per heavy atom.